The zero-order chi connectivity index (χ0) is 10.8. The third-order valence-corrected chi connectivity index (χ3v) is 2.46. The third kappa shape index (κ3) is 1.77. The first-order valence-corrected chi connectivity index (χ1v) is 4.92. The van der Waals surface area contributed by atoms with E-state index in [0.717, 1.165) is 6.20 Å². The van der Waals surface area contributed by atoms with Crippen molar-refractivity contribution in [2.24, 2.45) is 0 Å². The highest BCUT2D eigenvalue weighted by molar-refractivity contribution is 7.08. The summed E-state index contributed by atoms with van der Waals surface area (Å²) in [6, 6.07) is 1.75. The topological polar surface area (TPSA) is 94.9 Å². The lowest BCUT2D eigenvalue weighted by Gasteiger charge is -1.99. The molecule has 0 unspecified atom stereocenters. The summed E-state index contributed by atoms with van der Waals surface area (Å²) in [5.41, 5.74) is 6.20. The summed E-state index contributed by atoms with van der Waals surface area (Å²) < 4.78 is 0. The number of hydrogen-bond acceptors (Lipinski definition) is 6. The Labute approximate surface area is 88.6 Å². The first kappa shape index (κ1) is 9.53. The normalized spacial score (nSPS) is 10.1. The summed E-state index contributed by atoms with van der Waals surface area (Å²) in [5.74, 6) is 0.0294. The lowest BCUT2D eigenvalue weighted by Crippen LogP contribution is -2.00. The monoisotopic (exact) mass is 222 g/mol. The number of rotatable bonds is 2. The number of nitro groups is 1. The van der Waals surface area contributed by atoms with Crippen molar-refractivity contribution < 1.29 is 4.92 Å². The number of thiophene rings is 1. The average molecular weight is 222 g/mol. The first-order valence-electron chi connectivity index (χ1n) is 3.98. The Hall–Kier alpha value is -2.02. The molecule has 2 rings (SSSR count). The van der Waals surface area contributed by atoms with E-state index in [0.29, 0.717) is 5.56 Å². The van der Waals surface area contributed by atoms with E-state index in [9.17, 15) is 10.1 Å². The smallest absolute Gasteiger partial charge is 0.313 e. The molecule has 0 amide bonds. The van der Waals surface area contributed by atoms with E-state index < -0.39 is 4.92 Å². The maximum absolute atomic E-state index is 10.7. The largest absolute Gasteiger partial charge is 0.368 e. The van der Waals surface area contributed by atoms with E-state index in [2.05, 4.69) is 9.97 Å². The molecule has 0 saturated carbocycles. The van der Waals surface area contributed by atoms with Crippen molar-refractivity contribution in [1.29, 1.82) is 0 Å². The van der Waals surface area contributed by atoms with Gasteiger partial charge in [-0.25, -0.2) is 9.97 Å². The Morgan fingerprint density at radius 1 is 1.53 bits per heavy atom. The van der Waals surface area contributed by atoms with Gasteiger partial charge >= 0.3 is 5.69 Å². The summed E-state index contributed by atoms with van der Waals surface area (Å²) >= 11 is 1.44. The summed E-state index contributed by atoms with van der Waals surface area (Å²) in [6.07, 6.45) is 1.12. The third-order valence-electron chi connectivity index (χ3n) is 1.78. The van der Waals surface area contributed by atoms with Gasteiger partial charge in [0.2, 0.25) is 5.95 Å². The van der Waals surface area contributed by atoms with Gasteiger partial charge in [-0.05, 0) is 11.4 Å². The van der Waals surface area contributed by atoms with Gasteiger partial charge in [0.25, 0.3) is 0 Å². The van der Waals surface area contributed by atoms with Crippen LogP contribution in [0.15, 0.2) is 23.0 Å². The van der Waals surface area contributed by atoms with Gasteiger partial charge in [-0.3, -0.25) is 10.1 Å². The fraction of sp³-hybridized carbons (Fsp3) is 0. The Bertz CT molecular complexity index is 497. The molecule has 0 fully saturated rings. The Kier molecular flexibility index (Phi) is 2.30. The molecule has 2 heterocycles. The molecular formula is C8H6N4O2S. The molecule has 2 aromatic heterocycles. The van der Waals surface area contributed by atoms with Crippen LogP contribution < -0.4 is 5.73 Å². The zero-order valence-corrected chi connectivity index (χ0v) is 8.27. The minimum atomic E-state index is -0.521. The Balaban J connectivity index is 2.63. The van der Waals surface area contributed by atoms with Crippen molar-refractivity contribution in [2.75, 3.05) is 5.73 Å². The van der Waals surface area contributed by atoms with Crippen LogP contribution in [0.1, 0.15) is 0 Å². The van der Waals surface area contributed by atoms with E-state index >= 15 is 0 Å². The van der Waals surface area contributed by atoms with Gasteiger partial charge in [0.05, 0.1) is 4.92 Å². The van der Waals surface area contributed by atoms with Crippen molar-refractivity contribution in [3.63, 3.8) is 0 Å². The van der Waals surface area contributed by atoms with E-state index in [1.807, 2.05) is 5.38 Å². The predicted molar refractivity (Wildman–Crippen MR) is 56.4 cm³/mol. The van der Waals surface area contributed by atoms with Crippen LogP contribution in [0.25, 0.3) is 11.3 Å². The predicted octanol–water partition coefficient (Wildman–Crippen LogP) is 1.70. The Morgan fingerprint density at radius 3 is 2.93 bits per heavy atom. The molecule has 0 atom stereocenters. The molecule has 0 aromatic carbocycles. The minimum absolute atomic E-state index is 0.0294. The molecule has 6 nitrogen and oxygen atoms in total. The molecular weight excluding hydrogens is 216 g/mol. The number of aromatic nitrogens is 2. The highest BCUT2D eigenvalue weighted by Crippen LogP contribution is 2.28. The Morgan fingerprint density at radius 2 is 2.33 bits per heavy atom. The van der Waals surface area contributed by atoms with Crippen LogP contribution in [0.3, 0.4) is 0 Å². The van der Waals surface area contributed by atoms with E-state index in [1.54, 1.807) is 11.4 Å². The summed E-state index contributed by atoms with van der Waals surface area (Å²) in [7, 11) is 0. The van der Waals surface area contributed by atoms with Crippen molar-refractivity contribution >= 4 is 23.0 Å². The maximum Gasteiger partial charge on any atom is 0.313 e. The van der Waals surface area contributed by atoms with Crippen molar-refractivity contribution in [1.82, 2.24) is 9.97 Å². The quantitative estimate of drug-likeness (QED) is 0.616. The maximum atomic E-state index is 10.7. The first-order chi connectivity index (χ1) is 7.18. The van der Waals surface area contributed by atoms with Gasteiger partial charge in [0.1, 0.15) is 6.20 Å². The van der Waals surface area contributed by atoms with Gasteiger partial charge in [-0.15, -0.1) is 0 Å². The van der Waals surface area contributed by atoms with E-state index in [-0.39, 0.29) is 17.3 Å². The molecule has 0 aliphatic rings. The number of nitrogen functional groups attached to an aromatic ring is 1. The number of anilines is 1. The van der Waals surface area contributed by atoms with Crippen LogP contribution in [-0.2, 0) is 0 Å². The van der Waals surface area contributed by atoms with Crippen LogP contribution >= 0.6 is 11.3 Å². The fourth-order valence-corrected chi connectivity index (χ4v) is 1.77. The number of hydrogen-bond donors (Lipinski definition) is 1. The molecule has 2 aromatic rings. The zero-order valence-electron chi connectivity index (χ0n) is 7.45. The molecule has 0 saturated heterocycles. The summed E-state index contributed by atoms with van der Waals surface area (Å²) in [4.78, 5) is 17.7. The lowest BCUT2D eigenvalue weighted by atomic mass is 10.2. The number of nitrogens with two attached hydrogens (primary N) is 1. The van der Waals surface area contributed by atoms with Crippen LogP contribution in [0.5, 0.6) is 0 Å². The highest BCUT2D eigenvalue weighted by Gasteiger charge is 2.18. The molecule has 0 aliphatic carbocycles. The van der Waals surface area contributed by atoms with Gasteiger partial charge < -0.3 is 5.73 Å². The van der Waals surface area contributed by atoms with E-state index in [1.165, 1.54) is 11.3 Å². The van der Waals surface area contributed by atoms with Gasteiger partial charge in [0, 0.05) is 10.9 Å². The van der Waals surface area contributed by atoms with Crippen molar-refractivity contribution in [3.8, 4) is 11.3 Å². The second-order valence-electron chi connectivity index (χ2n) is 2.73. The van der Waals surface area contributed by atoms with Crippen LogP contribution in [-0.4, -0.2) is 14.9 Å². The molecule has 2 N–H and O–H groups in total. The standard InChI is InChI=1S/C8H6N4O2S/c9-8-10-3-6(12(13)14)7(11-8)5-1-2-15-4-5/h1-4H,(H2,9,10,11). The molecule has 0 radical (unpaired) electrons. The van der Waals surface area contributed by atoms with Gasteiger partial charge in [-0.1, -0.05) is 0 Å². The molecule has 0 bridgehead atoms. The molecule has 0 aliphatic heterocycles. The van der Waals surface area contributed by atoms with E-state index in [4.69, 9.17) is 5.73 Å². The lowest BCUT2D eigenvalue weighted by molar-refractivity contribution is -0.384. The molecule has 7 heteroatoms. The van der Waals surface area contributed by atoms with Gasteiger partial charge in [-0.2, -0.15) is 11.3 Å². The highest BCUT2D eigenvalue weighted by atomic mass is 32.1. The minimum Gasteiger partial charge on any atom is -0.368 e. The second-order valence-corrected chi connectivity index (χ2v) is 3.51. The van der Waals surface area contributed by atoms with Crippen molar-refractivity contribution in [2.45, 2.75) is 0 Å². The molecule has 15 heavy (non-hydrogen) atoms. The molecule has 0 spiro atoms. The average Bonchev–Trinajstić information content (AvgIpc) is 2.69. The van der Waals surface area contributed by atoms with Crippen LogP contribution in [0.2, 0.25) is 0 Å². The summed E-state index contributed by atoms with van der Waals surface area (Å²) in [5, 5.41) is 14.3. The summed E-state index contributed by atoms with van der Waals surface area (Å²) in [6.45, 7) is 0. The van der Waals surface area contributed by atoms with Crippen molar-refractivity contribution in [3.05, 3.63) is 33.1 Å². The second kappa shape index (κ2) is 3.62. The fourth-order valence-electron chi connectivity index (χ4n) is 1.13. The van der Waals surface area contributed by atoms with Crippen LogP contribution in [0.4, 0.5) is 11.6 Å². The van der Waals surface area contributed by atoms with Crippen LogP contribution in [0, 0.1) is 10.1 Å². The number of nitrogens with zero attached hydrogens (tertiary/aromatic N) is 3. The van der Waals surface area contributed by atoms with Gasteiger partial charge in [0.15, 0.2) is 5.69 Å². The SMILES string of the molecule is Nc1ncc([N+](=O)[O-])c(-c2ccsc2)n1. The molecule has 76 valence electrons.